The Kier molecular flexibility index (Phi) is 5.88. The molecule has 4 aromatic rings. The van der Waals surface area contributed by atoms with Crippen LogP contribution in [0.25, 0.3) is 21.1 Å². The summed E-state index contributed by atoms with van der Waals surface area (Å²) in [5, 5.41) is 1.71. The van der Waals surface area contributed by atoms with Crippen LogP contribution in [0.15, 0.2) is 42.6 Å². The number of fused-ring (bicyclic) bond motifs is 2. The van der Waals surface area contributed by atoms with E-state index in [-0.39, 0.29) is 5.91 Å². The molecule has 0 saturated heterocycles. The van der Waals surface area contributed by atoms with E-state index in [9.17, 15) is 4.79 Å². The van der Waals surface area contributed by atoms with E-state index in [0.717, 1.165) is 45.9 Å². The van der Waals surface area contributed by atoms with E-state index in [1.54, 1.807) is 11.3 Å². The van der Waals surface area contributed by atoms with Gasteiger partial charge < -0.3 is 9.88 Å². The highest BCUT2D eigenvalue weighted by molar-refractivity contribution is 7.22. The Labute approximate surface area is 181 Å². The van der Waals surface area contributed by atoms with Crippen LogP contribution >= 0.6 is 11.3 Å². The first-order valence-electron chi connectivity index (χ1n) is 10.5. The number of H-pyrrole nitrogens is 1. The topological polar surface area (TPSA) is 52.2 Å². The van der Waals surface area contributed by atoms with Gasteiger partial charge in [0.2, 0.25) is 0 Å². The lowest BCUT2D eigenvalue weighted by Gasteiger charge is -2.24. The molecule has 2 heterocycles. The predicted molar refractivity (Wildman–Crippen MR) is 127 cm³/mol. The molecule has 0 radical (unpaired) electrons. The Morgan fingerprint density at radius 2 is 1.83 bits per heavy atom. The van der Waals surface area contributed by atoms with Gasteiger partial charge in [-0.2, -0.15) is 0 Å². The SMILES string of the molecule is CCN(CC)CCN(C(=O)c1c[nH]c2ccccc12)c1nc2c(C)c(C)ccc2s1. The lowest BCUT2D eigenvalue weighted by Crippen LogP contribution is -2.38. The number of carbonyl (C=O) groups excluding carboxylic acids is 1. The number of hydrogen-bond donors (Lipinski definition) is 1. The number of nitrogens with one attached hydrogen (secondary N) is 1. The van der Waals surface area contributed by atoms with Crippen molar-refractivity contribution in [1.29, 1.82) is 0 Å². The number of para-hydroxylation sites is 1. The molecule has 0 fully saturated rings. The Hall–Kier alpha value is -2.70. The average molecular weight is 421 g/mol. The average Bonchev–Trinajstić information content (AvgIpc) is 3.38. The molecule has 1 N–H and O–H groups in total. The zero-order valence-corrected chi connectivity index (χ0v) is 18.8. The van der Waals surface area contributed by atoms with Gasteiger partial charge in [-0.1, -0.05) is 49.4 Å². The van der Waals surface area contributed by atoms with E-state index in [1.807, 2.05) is 35.4 Å². The molecule has 1 amide bonds. The van der Waals surface area contributed by atoms with Gasteiger partial charge in [0.05, 0.1) is 15.8 Å². The summed E-state index contributed by atoms with van der Waals surface area (Å²) in [5.74, 6) is -0.00645. The Bertz CT molecular complexity index is 1190. The molecule has 0 aliphatic rings. The maximum atomic E-state index is 13.7. The zero-order chi connectivity index (χ0) is 21.3. The van der Waals surface area contributed by atoms with Crippen LogP contribution in [0.1, 0.15) is 35.3 Å². The van der Waals surface area contributed by atoms with Crippen LogP contribution in [-0.4, -0.2) is 47.0 Å². The molecular formula is C24H28N4OS. The minimum Gasteiger partial charge on any atom is -0.360 e. The van der Waals surface area contributed by atoms with Gasteiger partial charge in [-0.3, -0.25) is 9.69 Å². The maximum Gasteiger partial charge on any atom is 0.262 e. The van der Waals surface area contributed by atoms with Crippen LogP contribution in [0.5, 0.6) is 0 Å². The summed E-state index contributed by atoms with van der Waals surface area (Å²) in [6.45, 7) is 11.9. The number of nitrogens with zero attached hydrogens (tertiary/aromatic N) is 3. The van der Waals surface area contributed by atoms with Gasteiger partial charge in [-0.25, -0.2) is 4.98 Å². The third-order valence-electron chi connectivity index (χ3n) is 5.90. The number of aryl methyl sites for hydroxylation is 2. The summed E-state index contributed by atoms with van der Waals surface area (Å²) in [5.41, 5.74) is 5.06. The van der Waals surface area contributed by atoms with Crippen LogP contribution in [-0.2, 0) is 0 Å². The van der Waals surface area contributed by atoms with Crippen molar-refractivity contribution in [2.45, 2.75) is 27.7 Å². The number of amides is 1. The molecule has 0 atom stereocenters. The van der Waals surface area contributed by atoms with E-state index in [1.165, 1.54) is 11.1 Å². The van der Waals surface area contributed by atoms with Gasteiger partial charge >= 0.3 is 0 Å². The summed E-state index contributed by atoms with van der Waals surface area (Å²) in [6, 6.07) is 12.2. The maximum absolute atomic E-state index is 13.7. The van der Waals surface area contributed by atoms with E-state index >= 15 is 0 Å². The number of rotatable bonds is 7. The molecule has 30 heavy (non-hydrogen) atoms. The van der Waals surface area contributed by atoms with Crippen molar-refractivity contribution in [3.8, 4) is 0 Å². The molecule has 5 nitrogen and oxygen atoms in total. The van der Waals surface area contributed by atoms with Crippen molar-refractivity contribution < 1.29 is 4.79 Å². The normalized spacial score (nSPS) is 11.6. The van der Waals surface area contributed by atoms with Crippen LogP contribution in [0.2, 0.25) is 0 Å². The number of thiazole rings is 1. The van der Waals surface area contributed by atoms with Crippen molar-refractivity contribution in [1.82, 2.24) is 14.9 Å². The number of aromatic nitrogens is 2. The molecule has 6 heteroatoms. The van der Waals surface area contributed by atoms with Crippen LogP contribution < -0.4 is 4.90 Å². The van der Waals surface area contributed by atoms with E-state index in [4.69, 9.17) is 4.98 Å². The molecule has 4 rings (SSSR count). The van der Waals surface area contributed by atoms with Crippen LogP contribution in [0.4, 0.5) is 5.13 Å². The molecule has 2 aromatic carbocycles. The summed E-state index contributed by atoms with van der Waals surface area (Å²) in [4.78, 5) is 26.0. The molecular weight excluding hydrogens is 392 g/mol. The van der Waals surface area contributed by atoms with Crippen molar-refractivity contribution >= 4 is 43.5 Å². The fourth-order valence-corrected chi connectivity index (χ4v) is 4.84. The largest absolute Gasteiger partial charge is 0.360 e. The molecule has 0 aliphatic carbocycles. The zero-order valence-electron chi connectivity index (χ0n) is 18.0. The number of anilines is 1. The summed E-state index contributed by atoms with van der Waals surface area (Å²) < 4.78 is 1.12. The second-order valence-electron chi connectivity index (χ2n) is 7.58. The van der Waals surface area contributed by atoms with Gasteiger partial charge in [0.25, 0.3) is 5.91 Å². The standard InChI is InChI=1S/C24H28N4OS/c1-5-27(6-2)13-14-28(23(29)19-15-25-20-10-8-7-9-18(19)20)24-26-22-17(4)16(3)11-12-21(22)30-24/h7-12,15,25H,5-6,13-14H2,1-4H3. The molecule has 0 aliphatic heterocycles. The van der Waals surface area contributed by atoms with Gasteiger partial charge in [0.1, 0.15) is 0 Å². The highest BCUT2D eigenvalue weighted by Gasteiger charge is 2.24. The second kappa shape index (κ2) is 8.58. The highest BCUT2D eigenvalue weighted by Crippen LogP contribution is 2.33. The first-order valence-corrected chi connectivity index (χ1v) is 11.3. The van der Waals surface area contributed by atoms with E-state index in [2.05, 4.69) is 49.7 Å². The number of carbonyl (C=O) groups is 1. The van der Waals surface area contributed by atoms with Crippen LogP contribution in [0, 0.1) is 13.8 Å². The summed E-state index contributed by atoms with van der Waals surface area (Å²) >= 11 is 1.59. The Morgan fingerprint density at radius 3 is 2.60 bits per heavy atom. The summed E-state index contributed by atoms with van der Waals surface area (Å²) in [6.07, 6.45) is 1.82. The van der Waals surface area contributed by atoms with Gasteiger partial charge in [-0.15, -0.1) is 0 Å². The number of benzene rings is 2. The quantitative estimate of drug-likeness (QED) is 0.436. The van der Waals surface area contributed by atoms with Crippen molar-refractivity contribution in [3.63, 3.8) is 0 Å². The fourth-order valence-electron chi connectivity index (χ4n) is 3.79. The van der Waals surface area contributed by atoms with Gasteiger partial charge in [0, 0.05) is 30.2 Å². The molecule has 0 saturated carbocycles. The monoisotopic (exact) mass is 420 g/mol. The molecule has 2 aromatic heterocycles. The van der Waals surface area contributed by atoms with Gasteiger partial charge in [0.15, 0.2) is 5.13 Å². The molecule has 0 bridgehead atoms. The second-order valence-corrected chi connectivity index (χ2v) is 8.59. The molecule has 156 valence electrons. The molecule has 0 unspecified atom stereocenters. The third kappa shape index (κ3) is 3.73. The molecule has 0 spiro atoms. The first kappa shape index (κ1) is 20.6. The van der Waals surface area contributed by atoms with Crippen molar-refractivity contribution in [2.75, 3.05) is 31.1 Å². The van der Waals surface area contributed by atoms with Crippen molar-refractivity contribution in [2.24, 2.45) is 0 Å². The van der Waals surface area contributed by atoms with E-state index < -0.39 is 0 Å². The highest BCUT2D eigenvalue weighted by atomic mass is 32.1. The predicted octanol–water partition coefficient (Wildman–Crippen LogP) is 5.38. The smallest absolute Gasteiger partial charge is 0.262 e. The van der Waals surface area contributed by atoms with E-state index in [0.29, 0.717) is 12.1 Å². The minimum absolute atomic E-state index is 0.00645. The van der Waals surface area contributed by atoms with Gasteiger partial charge in [-0.05, 0) is 50.2 Å². The Balaban J connectivity index is 1.76. The first-order chi connectivity index (χ1) is 14.5. The lowest BCUT2D eigenvalue weighted by atomic mass is 10.1. The lowest BCUT2D eigenvalue weighted by molar-refractivity contribution is 0.0985. The minimum atomic E-state index is -0.00645. The fraction of sp³-hybridized carbons (Fsp3) is 0.333. The number of hydrogen-bond acceptors (Lipinski definition) is 4. The van der Waals surface area contributed by atoms with Crippen molar-refractivity contribution in [3.05, 3.63) is 59.3 Å². The third-order valence-corrected chi connectivity index (χ3v) is 6.95. The number of aromatic amines is 1. The Morgan fingerprint density at radius 1 is 1.07 bits per heavy atom. The van der Waals surface area contributed by atoms with Crippen LogP contribution in [0.3, 0.4) is 0 Å². The summed E-state index contributed by atoms with van der Waals surface area (Å²) in [7, 11) is 0. The number of likely N-dealkylation sites (N-methyl/N-ethyl adjacent to an activating group) is 1.